The number of nitrogens with zero attached hydrogens (tertiary/aromatic N) is 2. The van der Waals surface area contributed by atoms with Crippen molar-refractivity contribution in [2.45, 2.75) is 6.04 Å². The lowest BCUT2D eigenvalue weighted by Gasteiger charge is -2.21. The normalized spacial score (nSPS) is 12.2. The molecule has 3 aromatic heterocycles. The number of benzene rings is 1. The van der Waals surface area contributed by atoms with Crippen LogP contribution in [0.25, 0.3) is 10.9 Å². The number of pyridine rings is 2. The molecule has 2 N–H and O–H groups in total. The summed E-state index contributed by atoms with van der Waals surface area (Å²) in [6.45, 7) is 0. The number of aromatic hydroxyl groups is 1. The molecule has 0 aliphatic heterocycles. The van der Waals surface area contributed by atoms with Gasteiger partial charge in [-0.25, -0.2) is 4.98 Å². The van der Waals surface area contributed by atoms with Gasteiger partial charge in [0.1, 0.15) is 11.6 Å². The molecule has 0 fully saturated rings. The van der Waals surface area contributed by atoms with Crippen molar-refractivity contribution >= 4 is 28.1 Å². The maximum Gasteiger partial charge on any atom is 0.126 e. The van der Waals surface area contributed by atoms with Gasteiger partial charge in [-0.2, -0.15) is 0 Å². The molecule has 4 aromatic rings. The first-order chi connectivity index (χ1) is 11.8. The number of rotatable bonds is 4. The Balaban J connectivity index is 1.90. The van der Waals surface area contributed by atoms with Crippen LogP contribution in [0.15, 0.2) is 72.4 Å². The van der Waals surface area contributed by atoms with Gasteiger partial charge in [0.2, 0.25) is 0 Å². The second kappa shape index (κ2) is 6.29. The number of nitrogens with one attached hydrogen (secondary N) is 1. The van der Waals surface area contributed by atoms with Crippen molar-refractivity contribution in [2.24, 2.45) is 0 Å². The number of phenols is 1. The van der Waals surface area contributed by atoms with Crippen molar-refractivity contribution in [3.63, 3.8) is 0 Å². The van der Waals surface area contributed by atoms with Gasteiger partial charge in [-0.3, -0.25) is 4.98 Å². The van der Waals surface area contributed by atoms with Crippen molar-refractivity contribution in [3.05, 3.63) is 82.8 Å². The van der Waals surface area contributed by atoms with Gasteiger partial charge in [0.05, 0.1) is 11.6 Å². The molecule has 4 rings (SSSR count). The average molecular weight is 333 g/mol. The largest absolute Gasteiger partial charge is 0.508 e. The smallest absolute Gasteiger partial charge is 0.126 e. The van der Waals surface area contributed by atoms with E-state index in [0.717, 1.165) is 27.2 Å². The monoisotopic (exact) mass is 333 g/mol. The van der Waals surface area contributed by atoms with Gasteiger partial charge in [0, 0.05) is 28.2 Å². The maximum absolute atomic E-state index is 10.6. The first kappa shape index (κ1) is 14.7. The van der Waals surface area contributed by atoms with Crippen molar-refractivity contribution in [3.8, 4) is 5.75 Å². The predicted molar refractivity (Wildman–Crippen MR) is 97.4 cm³/mol. The molecule has 4 nitrogen and oxygen atoms in total. The van der Waals surface area contributed by atoms with Gasteiger partial charge in [-0.15, -0.1) is 11.3 Å². The van der Waals surface area contributed by atoms with Crippen LogP contribution < -0.4 is 5.32 Å². The molecule has 3 heterocycles. The molecule has 0 bridgehead atoms. The molecular weight excluding hydrogens is 318 g/mol. The minimum atomic E-state index is -0.201. The average Bonchev–Trinajstić information content (AvgIpc) is 3.15. The minimum Gasteiger partial charge on any atom is -0.508 e. The quantitative estimate of drug-likeness (QED) is 0.573. The highest BCUT2D eigenvalue weighted by atomic mass is 32.1. The molecule has 1 aromatic carbocycles. The zero-order chi connectivity index (χ0) is 16.4. The van der Waals surface area contributed by atoms with Gasteiger partial charge in [0.25, 0.3) is 0 Å². The van der Waals surface area contributed by atoms with Crippen LogP contribution in [0.2, 0.25) is 0 Å². The number of thiophene rings is 1. The van der Waals surface area contributed by atoms with Gasteiger partial charge in [0.15, 0.2) is 0 Å². The molecule has 1 atom stereocenters. The van der Waals surface area contributed by atoms with Gasteiger partial charge in [-0.1, -0.05) is 18.2 Å². The predicted octanol–water partition coefficient (Wildman–Crippen LogP) is 4.60. The second-order valence-electron chi connectivity index (χ2n) is 5.38. The number of phenolic OH excluding ortho intramolecular Hbond substituents is 1. The van der Waals surface area contributed by atoms with Crippen LogP contribution in [-0.4, -0.2) is 15.1 Å². The van der Waals surface area contributed by atoms with Crippen molar-refractivity contribution in [2.75, 3.05) is 5.32 Å². The zero-order valence-corrected chi connectivity index (χ0v) is 13.6. The number of anilines is 1. The Hall–Kier alpha value is -2.92. The Morgan fingerprint density at radius 1 is 0.917 bits per heavy atom. The first-order valence-corrected chi connectivity index (χ1v) is 8.48. The number of aromatic nitrogens is 2. The van der Waals surface area contributed by atoms with Gasteiger partial charge < -0.3 is 10.4 Å². The third kappa shape index (κ3) is 2.70. The molecule has 0 spiro atoms. The SMILES string of the molecule is Oc1ccc2ncccc2c1[C@@H](Nc1ccccn1)c1cccs1. The standard InChI is InChI=1S/C19H15N3OS/c23-15-9-8-14-13(5-3-11-20-14)18(15)19(16-6-4-12-24-16)22-17-7-1-2-10-21-17/h1-12,19,23H,(H,21,22)/t19-/m0/s1. The summed E-state index contributed by atoms with van der Waals surface area (Å²) in [5, 5.41) is 17.0. The molecule has 118 valence electrons. The summed E-state index contributed by atoms with van der Waals surface area (Å²) in [6.07, 6.45) is 3.51. The lowest BCUT2D eigenvalue weighted by atomic mass is 9.98. The van der Waals surface area contributed by atoms with Crippen molar-refractivity contribution in [1.29, 1.82) is 0 Å². The highest BCUT2D eigenvalue weighted by Gasteiger charge is 2.22. The van der Waals surface area contributed by atoms with Gasteiger partial charge in [-0.05, 0) is 41.8 Å². The molecule has 0 unspecified atom stereocenters. The van der Waals surface area contributed by atoms with Crippen molar-refractivity contribution < 1.29 is 5.11 Å². The number of hydrogen-bond donors (Lipinski definition) is 2. The molecule has 0 saturated heterocycles. The van der Waals surface area contributed by atoms with Crippen LogP contribution in [0.3, 0.4) is 0 Å². The van der Waals surface area contributed by atoms with Crippen LogP contribution in [0, 0.1) is 0 Å². The molecule has 0 radical (unpaired) electrons. The van der Waals surface area contributed by atoms with E-state index in [2.05, 4.69) is 21.4 Å². The molecule has 24 heavy (non-hydrogen) atoms. The van der Waals surface area contributed by atoms with Crippen LogP contribution in [0.4, 0.5) is 5.82 Å². The van der Waals surface area contributed by atoms with E-state index in [1.54, 1.807) is 29.8 Å². The van der Waals surface area contributed by atoms with E-state index in [4.69, 9.17) is 0 Å². The molecule has 5 heteroatoms. The Morgan fingerprint density at radius 2 is 1.83 bits per heavy atom. The van der Waals surface area contributed by atoms with E-state index in [9.17, 15) is 5.11 Å². The number of fused-ring (bicyclic) bond motifs is 1. The summed E-state index contributed by atoms with van der Waals surface area (Å²) in [4.78, 5) is 9.87. The second-order valence-corrected chi connectivity index (χ2v) is 6.36. The number of hydrogen-bond acceptors (Lipinski definition) is 5. The topological polar surface area (TPSA) is 58.0 Å². The summed E-state index contributed by atoms with van der Waals surface area (Å²) in [7, 11) is 0. The summed E-state index contributed by atoms with van der Waals surface area (Å²) >= 11 is 1.64. The third-order valence-corrected chi connectivity index (χ3v) is 4.81. The maximum atomic E-state index is 10.6. The summed E-state index contributed by atoms with van der Waals surface area (Å²) < 4.78 is 0. The molecular formula is C19H15N3OS. The van der Waals surface area contributed by atoms with E-state index in [1.165, 1.54) is 0 Å². The van der Waals surface area contributed by atoms with E-state index in [1.807, 2.05) is 47.8 Å². The lowest BCUT2D eigenvalue weighted by Crippen LogP contribution is -2.13. The summed E-state index contributed by atoms with van der Waals surface area (Å²) in [6, 6.07) is 17.0. The Morgan fingerprint density at radius 3 is 2.62 bits per heavy atom. The molecule has 0 amide bonds. The fourth-order valence-electron chi connectivity index (χ4n) is 2.80. The lowest BCUT2D eigenvalue weighted by molar-refractivity contribution is 0.468. The minimum absolute atomic E-state index is 0.201. The fourth-order valence-corrected chi connectivity index (χ4v) is 3.59. The van der Waals surface area contributed by atoms with E-state index >= 15 is 0 Å². The van der Waals surface area contributed by atoms with Crippen LogP contribution in [0.5, 0.6) is 5.75 Å². The van der Waals surface area contributed by atoms with Crippen LogP contribution in [-0.2, 0) is 0 Å². The first-order valence-electron chi connectivity index (χ1n) is 7.60. The van der Waals surface area contributed by atoms with Gasteiger partial charge >= 0.3 is 0 Å². The Labute approximate surface area is 143 Å². The van der Waals surface area contributed by atoms with E-state index in [0.29, 0.717) is 0 Å². The molecule has 0 aliphatic carbocycles. The zero-order valence-electron chi connectivity index (χ0n) is 12.8. The fraction of sp³-hybridized carbons (Fsp3) is 0.0526. The van der Waals surface area contributed by atoms with Crippen LogP contribution in [0.1, 0.15) is 16.5 Å². The molecule has 0 aliphatic rings. The summed E-state index contributed by atoms with van der Waals surface area (Å²) in [5.74, 6) is 1.01. The highest BCUT2D eigenvalue weighted by molar-refractivity contribution is 7.10. The third-order valence-electron chi connectivity index (χ3n) is 3.88. The highest BCUT2D eigenvalue weighted by Crippen LogP contribution is 2.38. The Bertz CT molecular complexity index is 955. The van der Waals surface area contributed by atoms with Crippen LogP contribution >= 0.6 is 11.3 Å². The molecule has 0 saturated carbocycles. The van der Waals surface area contributed by atoms with E-state index < -0.39 is 0 Å². The summed E-state index contributed by atoms with van der Waals surface area (Å²) in [5.41, 5.74) is 1.67. The van der Waals surface area contributed by atoms with E-state index in [-0.39, 0.29) is 11.8 Å². The Kier molecular flexibility index (Phi) is 3.84. The van der Waals surface area contributed by atoms with Crippen molar-refractivity contribution in [1.82, 2.24) is 9.97 Å².